The number of nitrogens with one attached hydrogen (secondary N) is 2. The summed E-state index contributed by atoms with van der Waals surface area (Å²) in [6.45, 7) is 4.51. The summed E-state index contributed by atoms with van der Waals surface area (Å²) in [6.07, 6.45) is 3.23. The van der Waals surface area contributed by atoms with Crippen molar-refractivity contribution >= 4 is 27.5 Å². The standard InChI is InChI=1S/C18H27N3O4S/c1-4-13(2)19-18(23)15-9-5-6-10-16(15)20-17(22)14-8-7-11-21(12-14)26(3,24)25/h5-6,9-10,13-14H,4,7-8,11-12H2,1-3H3,(H,19,23)(H,20,22)/t13-,14-/m1/s1. The van der Waals surface area contributed by atoms with Gasteiger partial charge in [0.15, 0.2) is 0 Å². The highest BCUT2D eigenvalue weighted by Gasteiger charge is 2.30. The molecule has 0 aliphatic carbocycles. The van der Waals surface area contributed by atoms with Crippen molar-refractivity contribution in [3.63, 3.8) is 0 Å². The molecule has 1 aromatic rings. The Bertz CT molecular complexity index is 763. The number of benzene rings is 1. The third-order valence-electron chi connectivity index (χ3n) is 4.64. The van der Waals surface area contributed by atoms with Gasteiger partial charge < -0.3 is 10.6 Å². The van der Waals surface area contributed by atoms with Gasteiger partial charge in [-0.2, -0.15) is 0 Å². The van der Waals surface area contributed by atoms with E-state index in [1.807, 2.05) is 13.8 Å². The molecule has 1 saturated heterocycles. The fourth-order valence-corrected chi connectivity index (χ4v) is 3.80. The molecule has 144 valence electrons. The largest absolute Gasteiger partial charge is 0.350 e. The zero-order valence-electron chi connectivity index (χ0n) is 15.5. The van der Waals surface area contributed by atoms with Gasteiger partial charge in [-0.1, -0.05) is 19.1 Å². The zero-order valence-corrected chi connectivity index (χ0v) is 16.3. The number of hydrogen-bond acceptors (Lipinski definition) is 4. The molecule has 1 heterocycles. The number of nitrogens with zero attached hydrogens (tertiary/aromatic N) is 1. The van der Waals surface area contributed by atoms with Gasteiger partial charge in [0.05, 0.1) is 23.4 Å². The van der Waals surface area contributed by atoms with E-state index >= 15 is 0 Å². The van der Waals surface area contributed by atoms with E-state index in [1.165, 1.54) is 4.31 Å². The first-order valence-electron chi connectivity index (χ1n) is 8.88. The van der Waals surface area contributed by atoms with Crippen LogP contribution in [0.1, 0.15) is 43.5 Å². The summed E-state index contributed by atoms with van der Waals surface area (Å²) in [5, 5.41) is 5.69. The van der Waals surface area contributed by atoms with Gasteiger partial charge in [-0.25, -0.2) is 12.7 Å². The number of hydrogen-bond donors (Lipinski definition) is 2. The molecule has 2 N–H and O–H groups in total. The maximum atomic E-state index is 12.6. The molecule has 0 saturated carbocycles. The topological polar surface area (TPSA) is 95.6 Å². The van der Waals surface area contributed by atoms with Crippen LogP contribution >= 0.6 is 0 Å². The lowest BCUT2D eigenvalue weighted by molar-refractivity contribution is -0.120. The fourth-order valence-electron chi connectivity index (χ4n) is 2.89. The molecule has 0 radical (unpaired) electrons. The predicted molar refractivity (Wildman–Crippen MR) is 101 cm³/mol. The molecular weight excluding hydrogens is 354 g/mol. The third kappa shape index (κ3) is 5.28. The minimum absolute atomic E-state index is 0.0351. The predicted octanol–water partition coefficient (Wildman–Crippen LogP) is 1.83. The number of carbonyl (C=O) groups is 2. The van der Waals surface area contributed by atoms with Gasteiger partial charge >= 0.3 is 0 Å². The molecule has 8 heteroatoms. The van der Waals surface area contributed by atoms with Crippen LogP contribution in [-0.4, -0.2) is 49.9 Å². The number of anilines is 1. The van der Waals surface area contributed by atoms with E-state index < -0.39 is 15.9 Å². The van der Waals surface area contributed by atoms with Gasteiger partial charge in [0.25, 0.3) is 5.91 Å². The van der Waals surface area contributed by atoms with Crippen LogP contribution in [0, 0.1) is 5.92 Å². The number of rotatable bonds is 6. The van der Waals surface area contributed by atoms with Crippen LogP contribution < -0.4 is 10.6 Å². The molecule has 1 fully saturated rings. The molecule has 26 heavy (non-hydrogen) atoms. The summed E-state index contributed by atoms with van der Waals surface area (Å²) in [6, 6.07) is 6.87. The summed E-state index contributed by atoms with van der Waals surface area (Å²) in [5.41, 5.74) is 0.840. The van der Waals surface area contributed by atoms with E-state index in [9.17, 15) is 18.0 Å². The normalized spacial score (nSPS) is 19.6. The van der Waals surface area contributed by atoms with E-state index in [4.69, 9.17) is 0 Å². The molecule has 2 rings (SSSR count). The summed E-state index contributed by atoms with van der Waals surface area (Å²) in [7, 11) is -3.31. The number of amides is 2. The van der Waals surface area contributed by atoms with Crippen LogP contribution in [0.25, 0.3) is 0 Å². The van der Waals surface area contributed by atoms with Crippen molar-refractivity contribution in [1.29, 1.82) is 0 Å². The molecule has 0 unspecified atom stereocenters. The van der Waals surface area contributed by atoms with Crippen LogP contribution in [0.4, 0.5) is 5.69 Å². The summed E-state index contributed by atoms with van der Waals surface area (Å²) in [5.74, 6) is -0.928. The quantitative estimate of drug-likeness (QED) is 0.786. The van der Waals surface area contributed by atoms with Gasteiger partial charge in [0.2, 0.25) is 15.9 Å². The second kappa shape index (κ2) is 8.64. The second-order valence-electron chi connectivity index (χ2n) is 6.78. The Morgan fingerprint density at radius 1 is 1.31 bits per heavy atom. The summed E-state index contributed by atoms with van der Waals surface area (Å²) in [4.78, 5) is 25.1. The van der Waals surface area contributed by atoms with E-state index in [1.54, 1.807) is 24.3 Å². The third-order valence-corrected chi connectivity index (χ3v) is 5.91. The van der Waals surface area contributed by atoms with Gasteiger partial charge in [0, 0.05) is 19.1 Å². The van der Waals surface area contributed by atoms with Crippen molar-refractivity contribution in [3.8, 4) is 0 Å². The minimum Gasteiger partial charge on any atom is -0.350 e. The van der Waals surface area contributed by atoms with Crippen molar-refractivity contribution in [2.75, 3.05) is 24.7 Å². The first kappa shape index (κ1) is 20.4. The van der Waals surface area contributed by atoms with Gasteiger partial charge in [0.1, 0.15) is 0 Å². The Morgan fingerprint density at radius 2 is 2.00 bits per heavy atom. The van der Waals surface area contributed by atoms with Crippen LogP contribution in [0.5, 0.6) is 0 Å². The SMILES string of the molecule is CC[C@@H](C)NC(=O)c1ccccc1NC(=O)[C@@H]1CCCN(S(C)(=O)=O)C1. The summed E-state index contributed by atoms with van der Waals surface area (Å²) < 4.78 is 24.8. The molecule has 2 atom stereocenters. The van der Waals surface area contributed by atoms with Crippen LogP contribution in [-0.2, 0) is 14.8 Å². The average Bonchev–Trinajstić information content (AvgIpc) is 2.61. The number of carbonyl (C=O) groups excluding carboxylic acids is 2. The molecule has 0 bridgehead atoms. The molecular formula is C18H27N3O4S. The smallest absolute Gasteiger partial charge is 0.253 e. The molecule has 7 nitrogen and oxygen atoms in total. The molecule has 1 aliphatic rings. The first-order chi connectivity index (χ1) is 12.2. The second-order valence-corrected chi connectivity index (χ2v) is 8.76. The van der Waals surface area contributed by atoms with Crippen LogP contribution in [0.3, 0.4) is 0 Å². The highest BCUT2D eigenvalue weighted by atomic mass is 32.2. The molecule has 1 aliphatic heterocycles. The van der Waals surface area contributed by atoms with Gasteiger partial charge in [-0.3, -0.25) is 9.59 Å². The van der Waals surface area contributed by atoms with E-state index in [-0.39, 0.29) is 24.4 Å². The zero-order chi connectivity index (χ0) is 19.3. The molecule has 2 amide bonds. The van der Waals surface area contributed by atoms with Crippen LogP contribution in [0.2, 0.25) is 0 Å². The van der Waals surface area contributed by atoms with E-state index in [0.29, 0.717) is 30.6 Å². The van der Waals surface area contributed by atoms with Gasteiger partial charge in [-0.05, 0) is 38.3 Å². The Morgan fingerprint density at radius 3 is 2.65 bits per heavy atom. The monoisotopic (exact) mass is 381 g/mol. The lowest BCUT2D eigenvalue weighted by atomic mass is 9.98. The van der Waals surface area contributed by atoms with E-state index in [0.717, 1.165) is 12.7 Å². The Kier molecular flexibility index (Phi) is 6.77. The Balaban J connectivity index is 2.11. The van der Waals surface area contributed by atoms with E-state index in [2.05, 4.69) is 10.6 Å². The summed E-state index contributed by atoms with van der Waals surface area (Å²) >= 11 is 0. The average molecular weight is 381 g/mol. The maximum absolute atomic E-state index is 12.6. The molecule has 0 spiro atoms. The van der Waals surface area contributed by atoms with Crippen molar-refractivity contribution < 1.29 is 18.0 Å². The lowest BCUT2D eigenvalue weighted by Gasteiger charge is -2.30. The number of para-hydroxylation sites is 1. The highest BCUT2D eigenvalue weighted by Crippen LogP contribution is 2.22. The van der Waals surface area contributed by atoms with Crippen molar-refractivity contribution in [3.05, 3.63) is 29.8 Å². The minimum atomic E-state index is -3.31. The number of sulfonamides is 1. The number of piperidine rings is 1. The van der Waals surface area contributed by atoms with Crippen LogP contribution in [0.15, 0.2) is 24.3 Å². The van der Waals surface area contributed by atoms with Crippen molar-refractivity contribution in [1.82, 2.24) is 9.62 Å². The Hall–Kier alpha value is -1.93. The first-order valence-corrected chi connectivity index (χ1v) is 10.7. The lowest BCUT2D eigenvalue weighted by Crippen LogP contribution is -2.43. The van der Waals surface area contributed by atoms with Crippen molar-refractivity contribution in [2.45, 2.75) is 39.2 Å². The molecule has 1 aromatic carbocycles. The van der Waals surface area contributed by atoms with Crippen molar-refractivity contribution in [2.24, 2.45) is 5.92 Å². The molecule has 0 aromatic heterocycles. The highest BCUT2D eigenvalue weighted by molar-refractivity contribution is 7.88. The maximum Gasteiger partial charge on any atom is 0.253 e. The Labute approximate surface area is 155 Å². The fraction of sp³-hybridized carbons (Fsp3) is 0.556. The van der Waals surface area contributed by atoms with Gasteiger partial charge in [-0.15, -0.1) is 0 Å².